The summed E-state index contributed by atoms with van der Waals surface area (Å²) in [5.41, 5.74) is 1.29. The normalized spacial score (nSPS) is 11.1. The highest BCUT2D eigenvalue weighted by atomic mass is 32.2. The molecule has 0 spiro atoms. The van der Waals surface area contributed by atoms with Gasteiger partial charge in [-0.1, -0.05) is 46.2 Å². The Balaban J connectivity index is 0. The molecule has 22 heavy (non-hydrogen) atoms. The summed E-state index contributed by atoms with van der Waals surface area (Å²) >= 11 is 0. The van der Waals surface area contributed by atoms with Crippen molar-refractivity contribution in [2.24, 2.45) is 4.40 Å². The van der Waals surface area contributed by atoms with E-state index in [0.29, 0.717) is 5.56 Å². The monoisotopic (exact) mass is 327 g/mol. The summed E-state index contributed by atoms with van der Waals surface area (Å²) in [5.74, 6) is -0.345. The minimum absolute atomic E-state index is 0.133. The SMILES string of the molecule is CC.CC(C)OC(=O)c1ccc(/C=N/S(C)=O)cc1.CCC. The molecule has 0 N–H and O–H groups in total. The molecule has 0 saturated carbocycles. The van der Waals surface area contributed by atoms with Crippen LogP contribution >= 0.6 is 0 Å². The minimum atomic E-state index is -1.21. The van der Waals surface area contributed by atoms with Crippen LogP contribution < -0.4 is 0 Å². The summed E-state index contributed by atoms with van der Waals surface area (Å²) in [4.78, 5) is 11.5. The van der Waals surface area contributed by atoms with E-state index in [9.17, 15) is 9.00 Å². The number of hydrogen-bond donors (Lipinski definition) is 0. The average Bonchev–Trinajstić information content (AvgIpc) is 2.48. The van der Waals surface area contributed by atoms with Crippen molar-refractivity contribution in [2.45, 2.75) is 54.1 Å². The van der Waals surface area contributed by atoms with Crippen LogP contribution in [0.3, 0.4) is 0 Å². The van der Waals surface area contributed by atoms with Gasteiger partial charge in [0.05, 0.1) is 11.7 Å². The molecule has 0 amide bonds. The molecule has 0 aliphatic rings. The van der Waals surface area contributed by atoms with Gasteiger partial charge in [0, 0.05) is 12.5 Å². The summed E-state index contributed by atoms with van der Waals surface area (Å²) in [6.45, 7) is 11.9. The fourth-order valence-electron chi connectivity index (χ4n) is 1.12. The summed E-state index contributed by atoms with van der Waals surface area (Å²) in [6.07, 6.45) is 4.12. The lowest BCUT2D eigenvalue weighted by Gasteiger charge is -2.07. The zero-order valence-electron chi connectivity index (χ0n) is 14.8. The number of carbonyl (C=O) groups excluding carboxylic acids is 1. The summed E-state index contributed by atoms with van der Waals surface area (Å²) in [7, 11) is -1.21. The molecule has 0 aliphatic heterocycles. The molecule has 0 aromatic heterocycles. The zero-order chi connectivity index (χ0) is 17.5. The number of esters is 1. The Hall–Kier alpha value is -1.49. The first-order valence-electron chi connectivity index (χ1n) is 7.59. The van der Waals surface area contributed by atoms with Crippen LogP contribution in [0.1, 0.15) is 63.9 Å². The van der Waals surface area contributed by atoms with Crippen LogP contribution in [0.25, 0.3) is 0 Å². The molecule has 1 rings (SSSR count). The van der Waals surface area contributed by atoms with Crippen molar-refractivity contribution in [2.75, 3.05) is 6.26 Å². The molecule has 4 nitrogen and oxygen atoms in total. The van der Waals surface area contributed by atoms with E-state index >= 15 is 0 Å². The Morgan fingerprint density at radius 3 is 2.05 bits per heavy atom. The topological polar surface area (TPSA) is 55.7 Å². The van der Waals surface area contributed by atoms with E-state index in [-0.39, 0.29) is 12.1 Å². The number of benzene rings is 1. The summed E-state index contributed by atoms with van der Waals surface area (Å²) in [6, 6.07) is 6.77. The Morgan fingerprint density at radius 2 is 1.68 bits per heavy atom. The van der Waals surface area contributed by atoms with Crippen LogP contribution in [-0.4, -0.2) is 28.8 Å². The zero-order valence-corrected chi connectivity index (χ0v) is 15.6. The highest BCUT2D eigenvalue weighted by Crippen LogP contribution is 2.06. The maximum absolute atomic E-state index is 11.5. The molecule has 0 heterocycles. The molecule has 126 valence electrons. The van der Waals surface area contributed by atoms with Crippen molar-refractivity contribution in [3.05, 3.63) is 35.4 Å². The van der Waals surface area contributed by atoms with Crippen LogP contribution in [0.5, 0.6) is 0 Å². The predicted molar refractivity (Wildman–Crippen MR) is 96.0 cm³/mol. The largest absolute Gasteiger partial charge is 0.459 e. The van der Waals surface area contributed by atoms with Gasteiger partial charge in [0.2, 0.25) is 0 Å². The lowest BCUT2D eigenvalue weighted by Crippen LogP contribution is -2.11. The van der Waals surface area contributed by atoms with E-state index < -0.39 is 11.0 Å². The van der Waals surface area contributed by atoms with Crippen LogP contribution in [0, 0.1) is 0 Å². The second kappa shape index (κ2) is 14.4. The maximum atomic E-state index is 11.5. The third kappa shape index (κ3) is 12.3. The highest BCUT2D eigenvalue weighted by Gasteiger charge is 2.08. The van der Waals surface area contributed by atoms with Gasteiger partial charge in [-0.3, -0.25) is 0 Å². The molecule has 1 aromatic carbocycles. The van der Waals surface area contributed by atoms with E-state index in [1.54, 1.807) is 38.1 Å². The van der Waals surface area contributed by atoms with Gasteiger partial charge in [0.15, 0.2) is 0 Å². The molecule has 0 radical (unpaired) electrons. The van der Waals surface area contributed by atoms with Crippen molar-refractivity contribution in [3.63, 3.8) is 0 Å². The van der Waals surface area contributed by atoms with E-state index in [1.807, 2.05) is 13.8 Å². The summed E-state index contributed by atoms with van der Waals surface area (Å²) in [5, 5.41) is 0. The number of nitrogens with zero attached hydrogens (tertiary/aromatic N) is 1. The van der Waals surface area contributed by atoms with Crippen molar-refractivity contribution < 1.29 is 13.7 Å². The lowest BCUT2D eigenvalue weighted by atomic mass is 10.1. The molecule has 5 heteroatoms. The van der Waals surface area contributed by atoms with E-state index in [4.69, 9.17) is 4.74 Å². The van der Waals surface area contributed by atoms with Crippen molar-refractivity contribution in [1.29, 1.82) is 0 Å². The fourth-order valence-corrected chi connectivity index (χ4v) is 1.39. The van der Waals surface area contributed by atoms with Crippen molar-refractivity contribution >= 4 is 23.2 Å². The third-order valence-electron chi connectivity index (χ3n) is 1.84. The maximum Gasteiger partial charge on any atom is 0.338 e. The van der Waals surface area contributed by atoms with Gasteiger partial charge >= 0.3 is 5.97 Å². The molecule has 0 bridgehead atoms. The molecular formula is C17H29NO3S. The van der Waals surface area contributed by atoms with Gasteiger partial charge in [0.1, 0.15) is 11.0 Å². The van der Waals surface area contributed by atoms with E-state index in [1.165, 1.54) is 18.9 Å². The first kappa shape index (κ1) is 22.8. The van der Waals surface area contributed by atoms with Gasteiger partial charge in [-0.05, 0) is 31.5 Å². The Kier molecular flexibility index (Phi) is 15.0. The average molecular weight is 327 g/mol. The van der Waals surface area contributed by atoms with E-state index in [2.05, 4.69) is 18.2 Å². The molecular weight excluding hydrogens is 298 g/mol. The summed E-state index contributed by atoms with van der Waals surface area (Å²) < 4.78 is 19.6. The second-order valence-corrected chi connectivity index (χ2v) is 5.50. The smallest absolute Gasteiger partial charge is 0.338 e. The van der Waals surface area contributed by atoms with Gasteiger partial charge in [-0.25, -0.2) is 9.00 Å². The Morgan fingerprint density at radius 1 is 1.23 bits per heavy atom. The first-order valence-corrected chi connectivity index (χ1v) is 9.10. The van der Waals surface area contributed by atoms with Crippen LogP contribution in [0.15, 0.2) is 28.7 Å². The van der Waals surface area contributed by atoms with Crippen LogP contribution in [0.2, 0.25) is 0 Å². The van der Waals surface area contributed by atoms with Crippen LogP contribution in [-0.2, 0) is 15.7 Å². The number of ether oxygens (including phenoxy) is 1. The second-order valence-electron chi connectivity index (χ2n) is 4.44. The third-order valence-corrected chi connectivity index (χ3v) is 2.24. The van der Waals surface area contributed by atoms with Crippen molar-refractivity contribution in [1.82, 2.24) is 0 Å². The number of carbonyl (C=O) groups is 1. The highest BCUT2D eigenvalue weighted by molar-refractivity contribution is 7.83. The Bertz CT molecular complexity index is 453. The van der Waals surface area contributed by atoms with E-state index in [0.717, 1.165) is 5.56 Å². The molecule has 1 unspecified atom stereocenters. The number of hydrogen-bond acceptors (Lipinski definition) is 3. The fraction of sp³-hybridized carbons (Fsp3) is 0.529. The number of rotatable bonds is 4. The van der Waals surface area contributed by atoms with Gasteiger partial charge in [-0.15, -0.1) is 0 Å². The van der Waals surface area contributed by atoms with Gasteiger partial charge in [0.25, 0.3) is 0 Å². The lowest BCUT2D eigenvalue weighted by molar-refractivity contribution is 0.0378. The minimum Gasteiger partial charge on any atom is -0.459 e. The standard InChI is InChI=1S/C12H15NO3S.C3H8.C2H6/c1-9(2)16-12(14)11-6-4-10(5-7-11)8-13-17(3)15;1-3-2;1-2/h4-9H,1-3H3;3H2,1-2H3;1-2H3/b13-8+;;. The predicted octanol–water partition coefficient (Wildman–Crippen LogP) is 4.41. The molecule has 1 aromatic rings. The first-order chi connectivity index (χ1) is 10.4. The van der Waals surface area contributed by atoms with Gasteiger partial charge in [-0.2, -0.15) is 4.40 Å². The Labute approximate surface area is 137 Å². The van der Waals surface area contributed by atoms with Crippen molar-refractivity contribution in [3.8, 4) is 0 Å². The molecule has 0 fully saturated rings. The molecule has 1 atom stereocenters. The molecule has 0 aliphatic carbocycles. The van der Waals surface area contributed by atoms with Crippen LogP contribution in [0.4, 0.5) is 0 Å². The molecule has 0 saturated heterocycles. The quantitative estimate of drug-likeness (QED) is 0.608. The van der Waals surface area contributed by atoms with Gasteiger partial charge < -0.3 is 4.74 Å².